The Labute approximate surface area is 174 Å². The Hall–Kier alpha value is -2.71. The van der Waals surface area contributed by atoms with E-state index in [9.17, 15) is 18.0 Å². The van der Waals surface area contributed by atoms with Crippen LogP contribution >= 0.6 is 23.2 Å². The first-order valence-electron chi connectivity index (χ1n) is 8.36. The predicted molar refractivity (Wildman–Crippen MR) is 103 cm³/mol. The van der Waals surface area contributed by atoms with E-state index >= 15 is 0 Å². The summed E-state index contributed by atoms with van der Waals surface area (Å²) in [5, 5.41) is 6.89. The van der Waals surface area contributed by atoms with Crippen molar-refractivity contribution in [3.05, 3.63) is 76.0 Å². The fourth-order valence-electron chi connectivity index (χ4n) is 2.57. The summed E-state index contributed by atoms with van der Waals surface area (Å²) in [6, 6.07) is 12.7. The van der Waals surface area contributed by atoms with Crippen molar-refractivity contribution in [2.24, 2.45) is 0 Å². The van der Waals surface area contributed by atoms with Crippen molar-refractivity contribution in [3.8, 4) is 11.4 Å². The summed E-state index contributed by atoms with van der Waals surface area (Å²) >= 11 is 11.7. The predicted octanol–water partition coefficient (Wildman–Crippen LogP) is 5.53. The van der Waals surface area contributed by atoms with Crippen LogP contribution in [0.25, 0.3) is 5.69 Å². The minimum Gasteiger partial charge on any atom is -0.406 e. The highest BCUT2D eigenvalue weighted by molar-refractivity contribution is 6.42. The van der Waals surface area contributed by atoms with Gasteiger partial charge in [-0.05, 0) is 36.2 Å². The van der Waals surface area contributed by atoms with Crippen molar-refractivity contribution >= 4 is 29.3 Å². The summed E-state index contributed by atoms with van der Waals surface area (Å²) in [6.07, 6.45) is -4.55. The van der Waals surface area contributed by atoms with Crippen molar-refractivity contribution < 1.29 is 22.7 Å². The molecule has 0 aliphatic heterocycles. The van der Waals surface area contributed by atoms with Crippen molar-refractivity contribution in [2.75, 3.05) is 6.54 Å². The minimum absolute atomic E-state index is 0.130. The third-order valence-corrected chi connectivity index (χ3v) is 4.61. The SMILES string of the molecule is O=C(NCCc1ccc(Cl)c(Cl)c1)Oc1cnn(-c2ccccc2)c1C(F)(F)F. The molecule has 0 aliphatic rings. The maximum Gasteiger partial charge on any atom is 0.437 e. The molecule has 0 fully saturated rings. The lowest BCUT2D eigenvalue weighted by Crippen LogP contribution is -2.29. The van der Waals surface area contributed by atoms with Crippen molar-refractivity contribution in [2.45, 2.75) is 12.6 Å². The van der Waals surface area contributed by atoms with Gasteiger partial charge < -0.3 is 10.1 Å². The number of alkyl halides is 3. The molecule has 0 saturated heterocycles. The summed E-state index contributed by atoms with van der Waals surface area (Å²) in [5.41, 5.74) is -0.189. The van der Waals surface area contributed by atoms with Gasteiger partial charge in [0.05, 0.1) is 21.9 Å². The maximum atomic E-state index is 13.5. The van der Waals surface area contributed by atoms with Gasteiger partial charge >= 0.3 is 12.3 Å². The number of ether oxygens (including phenoxy) is 1. The van der Waals surface area contributed by atoms with E-state index in [1.807, 2.05) is 0 Å². The van der Waals surface area contributed by atoms with E-state index in [0.717, 1.165) is 11.8 Å². The number of nitrogens with one attached hydrogen (secondary N) is 1. The molecule has 0 unspecified atom stereocenters. The average Bonchev–Trinajstić information content (AvgIpc) is 3.09. The van der Waals surface area contributed by atoms with Crippen molar-refractivity contribution in [1.82, 2.24) is 15.1 Å². The maximum absolute atomic E-state index is 13.5. The van der Waals surface area contributed by atoms with Crippen LogP contribution in [0.1, 0.15) is 11.3 Å². The summed E-state index contributed by atoms with van der Waals surface area (Å²) in [5.74, 6) is -0.687. The van der Waals surface area contributed by atoms with E-state index in [4.69, 9.17) is 27.9 Å². The van der Waals surface area contributed by atoms with E-state index in [-0.39, 0.29) is 12.2 Å². The Bertz CT molecular complexity index is 1010. The molecule has 3 rings (SSSR count). The van der Waals surface area contributed by atoms with E-state index in [1.54, 1.807) is 36.4 Å². The molecule has 29 heavy (non-hydrogen) atoms. The van der Waals surface area contributed by atoms with Gasteiger partial charge in [-0.25, -0.2) is 9.48 Å². The molecule has 0 aliphatic carbocycles. The number of carbonyl (C=O) groups excluding carboxylic acids is 1. The number of halogens is 5. The second-order valence-electron chi connectivity index (χ2n) is 5.92. The van der Waals surface area contributed by atoms with E-state index < -0.39 is 23.7 Å². The van der Waals surface area contributed by atoms with Crippen LogP contribution in [-0.4, -0.2) is 22.4 Å². The van der Waals surface area contributed by atoms with Crippen LogP contribution in [0.4, 0.5) is 18.0 Å². The van der Waals surface area contributed by atoms with Gasteiger partial charge in [0.1, 0.15) is 0 Å². The average molecular weight is 444 g/mol. The lowest BCUT2D eigenvalue weighted by Gasteiger charge is -2.12. The molecule has 0 bridgehead atoms. The number of hydrogen-bond donors (Lipinski definition) is 1. The van der Waals surface area contributed by atoms with Gasteiger partial charge in [0, 0.05) is 6.54 Å². The third kappa shape index (κ3) is 5.21. The fraction of sp³-hybridized carbons (Fsp3) is 0.158. The summed E-state index contributed by atoms with van der Waals surface area (Å²) in [7, 11) is 0. The van der Waals surface area contributed by atoms with Crippen LogP contribution in [0.15, 0.2) is 54.7 Å². The number of nitrogens with zero attached hydrogens (tertiary/aromatic N) is 2. The Morgan fingerprint density at radius 1 is 1.10 bits per heavy atom. The van der Waals surface area contributed by atoms with Gasteiger partial charge in [-0.1, -0.05) is 47.5 Å². The minimum atomic E-state index is -4.78. The second kappa shape index (κ2) is 8.75. The third-order valence-electron chi connectivity index (χ3n) is 3.87. The molecular formula is C19H14Cl2F3N3O2. The van der Waals surface area contributed by atoms with E-state index in [2.05, 4.69) is 10.4 Å². The molecule has 0 spiro atoms. The van der Waals surface area contributed by atoms with Crippen LogP contribution in [0, 0.1) is 0 Å². The molecule has 3 aromatic rings. The highest BCUT2D eigenvalue weighted by Crippen LogP contribution is 2.37. The highest BCUT2D eigenvalue weighted by atomic mass is 35.5. The molecule has 0 atom stereocenters. The lowest BCUT2D eigenvalue weighted by atomic mass is 10.1. The number of para-hydroxylation sites is 1. The number of amides is 1. The van der Waals surface area contributed by atoms with E-state index in [1.165, 1.54) is 12.1 Å². The molecule has 0 saturated carbocycles. The van der Waals surface area contributed by atoms with Crippen LogP contribution < -0.4 is 10.1 Å². The zero-order chi connectivity index (χ0) is 21.0. The van der Waals surface area contributed by atoms with Gasteiger partial charge in [0.15, 0.2) is 11.4 Å². The first kappa shape index (κ1) is 21.0. The zero-order valence-corrected chi connectivity index (χ0v) is 16.2. The van der Waals surface area contributed by atoms with Crippen LogP contribution in [0.5, 0.6) is 5.75 Å². The molecule has 2 aromatic carbocycles. The number of benzene rings is 2. The summed E-state index contributed by atoms with van der Waals surface area (Å²) in [6.45, 7) is 0.130. The number of rotatable bonds is 5. The molecule has 0 radical (unpaired) electrons. The fourth-order valence-corrected chi connectivity index (χ4v) is 2.89. The normalized spacial score (nSPS) is 11.3. The van der Waals surface area contributed by atoms with Gasteiger partial charge in [0.2, 0.25) is 0 Å². The van der Waals surface area contributed by atoms with Gasteiger partial charge in [-0.2, -0.15) is 18.3 Å². The van der Waals surface area contributed by atoms with Gasteiger partial charge in [-0.3, -0.25) is 0 Å². The smallest absolute Gasteiger partial charge is 0.406 e. The topological polar surface area (TPSA) is 56.1 Å². The molecule has 152 valence electrons. The van der Waals surface area contributed by atoms with Gasteiger partial charge in [0.25, 0.3) is 0 Å². The second-order valence-corrected chi connectivity index (χ2v) is 6.73. The van der Waals surface area contributed by atoms with Crippen LogP contribution in [0.2, 0.25) is 10.0 Å². The highest BCUT2D eigenvalue weighted by Gasteiger charge is 2.40. The molecule has 10 heteroatoms. The van der Waals surface area contributed by atoms with Gasteiger partial charge in [-0.15, -0.1) is 0 Å². The monoisotopic (exact) mass is 443 g/mol. The Balaban J connectivity index is 1.68. The molecule has 1 amide bonds. The largest absolute Gasteiger partial charge is 0.437 e. The first-order valence-corrected chi connectivity index (χ1v) is 9.11. The zero-order valence-electron chi connectivity index (χ0n) is 14.7. The Kier molecular flexibility index (Phi) is 6.34. The summed E-state index contributed by atoms with van der Waals surface area (Å²) in [4.78, 5) is 12.0. The molecule has 1 N–H and O–H groups in total. The Morgan fingerprint density at radius 3 is 2.48 bits per heavy atom. The number of hydrogen-bond acceptors (Lipinski definition) is 3. The molecular weight excluding hydrogens is 430 g/mol. The molecule has 1 aromatic heterocycles. The molecule has 5 nitrogen and oxygen atoms in total. The summed E-state index contributed by atoms with van der Waals surface area (Å²) < 4.78 is 46.1. The van der Waals surface area contributed by atoms with Crippen molar-refractivity contribution in [1.29, 1.82) is 0 Å². The van der Waals surface area contributed by atoms with Crippen molar-refractivity contribution in [3.63, 3.8) is 0 Å². The number of aromatic nitrogens is 2. The van der Waals surface area contributed by atoms with Crippen LogP contribution in [0.3, 0.4) is 0 Å². The first-order chi connectivity index (χ1) is 13.8. The standard InChI is InChI=1S/C19H14Cl2F3N3O2/c20-14-7-6-12(10-15(14)21)8-9-25-18(28)29-16-11-26-27(17(16)19(22,23)24)13-4-2-1-3-5-13/h1-7,10-11H,8-9H2,(H,25,28). The van der Waals surface area contributed by atoms with E-state index in [0.29, 0.717) is 21.1 Å². The number of carbonyl (C=O) groups is 1. The quantitative estimate of drug-likeness (QED) is 0.563. The lowest BCUT2D eigenvalue weighted by molar-refractivity contribution is -0.143. The Morgan fingerprint density at radius 2 is 1.83 bits per heavy atom. The molecule has 1 heterocycles. The van der Waals surface area contributed by atoms with Crippen LogP contribution in [-0.2, 0) is 12.6 Å².